The molecule has 0 N–H and O–H groups in total. The van der Waals surface area contributed by atoms with Crippen LogP contribution in [-0.2, 0) is 0 Å². The summed E-state index contributed by atoms with van der Waals surface area (Å²) in [7, 11) is 0. The standard InChI is InChI=1S/C9H9N3O2/c13-9-11(6-7-12(9)10-14)8-4-2-1-3-5-8/h1-5H,6-7H2. The third-order valence-corrected chi connectivity index (χ3v) is 2.15. The molecule has 0 radical (unpaired) electrons. The normalized spacial score (nSPS) is 16.1. The van der Waals surface area contributed by atoms with Gasteiger partial charge in [0.05, 0.1) is 11.8 Å². The Morgan fingerprint density at radius 1 is 1.14 bits per heavy atom. The van der Waals surface area contributed by atoms with Crippen molar-refractivity contribution in [1.82, 2.24) is 5.01 Å². The summed E-state index contributed by atoms with van der Waals surface area (Å²) in [6.07, 6.45) is 0. The molecule has 0 spiro atoms. The van der Waals surface area contributed by atoms with Crippen LogP contribution in [0.3, 0.4) is 0 Å². The van der Waals surface area contributed by atoms with E-state index in [1.165, 1.54) is 4.90 Å². The van der Waals surface area contributed by atoms with Gasteiger partial charge in [-0.1, -0.05) is 18.2 Å². The van der Waals surface area contributed by atoms with Gasteiger partial charge in [0.1, 0.15) is 0 Å². The van der Waals surface area contributed by atoms with Crippen LogP contribution in [0.2, 0.25) is 0 Å². The molecule has 72 valence electrons. The van der Waals surface area contributed by atoms with Gasteiger partial charge in [-0.3, -0.25) is 4.90 Å². The molecule has 0 aliphatic carbocycles. The smallest absolute Gasteiger partial charge is 0.291 e. The van der Waals surface area contributed by atoms with Crippen LogP contribution in [0.25, 0.3) is 0 Å². The molecule has 1 aliphatic rings. The number of urea groups is 1. The van der Waals surface area contributed by atoms with E-state index in [1.807, 2.05) is 30.3 Å². The number of para-hydroxylation sites is 1. The Morgan fingerprint density at radius 3 is 2.43 bits per heavy atom. The number of carbonyl (C=O) groups excluding carboxylic acids is 1. The zero-order chi connectivity index (χ0) is 9.97. The maximum atomic E-state index is 11.5. The Hall–Kier alpha value is -1.91. The highest BCUT2D eigenvalue weighted by Gasteiger charge is 2.30. The molecule has 0 unspecified atom stereocenters. The SMILES string of the molecule is O=NN1CCN(c2ccccc2)C1=O. The molecular formula is C9H9N3O2. The van der Waals surface area contributed by atoms with E-state index < -0.39 is 0 Å². The van der Waals surface area contributed by atoms with E-state index in [0.29, 0.717) is 13.1 Å². The van der Waals surface area contributed by atoms with Crippen molar-refractivity contribution in [2.24, 2.45) is 5.29 Å². The topological polar surface area (TPSA) is 53.0 Å². The van der Waals surface area contributed by atoms with E-state index in [0.717, 1.165) is 10.7 Å². The highest BCUT2D eigenvalue weighted by atomic mass is 16.3. The number of rotatable bonds is 2. The molecule has 5 nitrogen and oxygen atoms in total. The molecule has 0 atom stereocenters. The largest absolute Gasteiger partial charge is 0.347 e. The lowest BCUT2D eigenvalue weighted by molar-refractivity contribution is 0.222. The molecule has 1 aromatic carbocycles. The second-order valence-electron chi connectivity index (χ2n) is 2.97. The lowest BCUT2D eigenvalue weighted by Crippen LogP contribution is -2.28. The van der Waals surface area contributed by atoms with Crippen LogP contribution in [0.5, 0.6) is 0 Å². The van der Waals surface area contributed by atoms with Gasteiger partial charge in [-0.05, 0) is 12.1 Å². The van der Waals surface area contributed by atoms with Gasteiger partial charge in [0.15, 0.2) is 0 Å². The second-order valence-corrected chi connectivity index (χ2v) is 2.97. The van der Waals surface area contributed by atoms with Crippen molar-refractivity contribution in [1.29, 1.82) is 0 Å². The first kappa shape index (κ1) is 8.68. The van der Waals surface area contributed by atoms with Crippen molar-refractivity contribution in [2.45, 2.75) is 0 Å². The molecule has 14 heavy (non-hydrogen) atoms. The number of hydrogen-bond acceptors (Lipinski definition) is 3. The summed E-state index contributed by atoms with van der Waals surface area (Å²) in [4.78, 5) is 23.2. The molecule has 0 aromatic heterocycles. The molecule has 5 heteroatoms. The zero-order valence-corrected chi connectivity index (χ0v) is 7.46. The van der Waals surface area contributed by atoms with E-state index in [-0.39, 0.29) is 6.03 Å². The molecule has 1 saturated heterocycles. The molecule has 1 aliphatic heterocycles. The zero-order valence-electron chi connectivity index (χ0n) is 7.46. The number of carbonyl (C=O) groups is 1. The second kappa shape index (κ2) is 3.45. The molecular weight excluding hydrogens is 182 g/mol. The van der Waals surface area contributed by atoms with Crippen molar-refractivity contribution in [3.05, 3.63) is 35.2 Å². The Bertz CT molecular complexity index is 352. The molecule has 1 fully saturated rings. The number of anilines is 1. The quantitative estimate of drug-likeness (QED) is 0.667. The molecule has 0 saturated carbocycles. The van der Waals surface area contributed by atoms with Gasteiger partial charge in [0.25, 0.3) is 0 Å². The van der Waals surface area contributed by atoms with Crippen molar-refractivity contribution in [2.75, 3.05) is 18.0 Å². The van der Waals surface area contributed by atoms with Crippen LogP contribution in [0.15, 0.2) is 35.6 Å². The van der Waals surface area contributed by atoms with Crippen LogP contribution in [0.4, 0.5) is 10.5 Å². The average molecular weight is 191 g/mol. The van der Waals surface area contributed by atoms with E-state index in [9.17, 15) is 9.70 Å². The summed E-state index contributed by atoms with van der Waals surface area (Å²) in [5, 5.41) is 3.56. The third kappa shape index (κ3) is 1.32. The van der Waals surface area contributed by atoms with E-state index in [2.05, 4.69) is 5.29 Å². The fourth-order valence-electron chi connectivity index (χ4n) is 1.45. The number of amides is 2. The number of nitroso groups, excluding NO2 is 1. The molecule has 0 bridgehead atoms. The van der Waals surface area contributed by atoms with Gasteiger partial charge in [-0.25, -0.2) is 4.79 Å². The van der Waals surface area contributed by atoms with Gasteiger partial charge in [0.2, 0.25) is 0 Å². The molecule has 2 amide bonds. The monoisotopic (exact) mass is 191 g/mol. The molecule has 2 rings (SSSR count). The van der Waals surface area contributed by atoms with Gasteiger partial charge >= 0.3 is 6.03 Å². The van der Waals surface area contributed by atoms with E-state index >= 15 is 0 Å². The lowest BCUT2D eigenvalue weighted by atomic mass is 10.3. The van der Waals surface area contributed by atoms with Gasteiger partial charge < -0.3 is 0 Å². The van der Waals surface area contributed by atoms with Crippen LogP contribution < -0.4 is 4.90 Å². The summed E-state index contributed by atoms with van der Waals surface area (Å²) in [5.41, 5.74) is 0.795. The van der Waals surface area contributed by atoms with Crippen molar-refractivity contribution >= 4 is 11.7 Å². The summed E-state index contributed by atoms with van der Waals surface area (Å²) in [5.74, 6) is 0. The highest BCUT2D eigenvalue weighted by Crippen LogP contribution is 2.19. The maximum absolute atomic E-state index is 11.5. The predicted octanol–water partition coefficient (Wildman–Crippen LogP) is 1.61. The third-order valence-electron chi connectivity index (χ3n) is 2.15. The maximum Gasteiger partial charge on any atom is 0.347 e. The first-order valence-electron chi connectivity index (χ1n) is 4.30. The summed E-state index contributed by atoms with van der Waals surface area (Å²) in [6, 6.07) is 8.86. The van der Waals surface area contributed by atoms with Crippen molar-refractivity contribution in [3.63, 3.8) is 0 Å². The first-order valence-corrected chi connectivity index (χ1v) is 4.30. The molecule has 1 heterocycles. The fraction of sp³-hybridized carbons (Fsp3) is 0.222. The Labute approximate surface area is 80.9 Å². The average Bonchev–Trinajstić information content (AvgIpc) is 2.61. The minimum Gasteiger partial charge on any atom is -0.291 e. The fourth-order valence-corrected chi connectivity index (χ4v) is 1.45. The number of hydrogen-bond donors (Lipinski definition) is 0. The minimum atomic E-state index is -0.355. The van der Waals surface area contributed by atoms with Gasteiger partial charge in [-0.2, -0.15) is 5.01 Å². The number of benzene rings is 1. The number of nitrogens with zero attached hydrogens (tertiary/aromatic N) is 3. The van der Waals surface area contributed by atoms with Crippen molar-refractivity contribution < 1.29 is 4.79 Å². The van der Waals surface area contributed by atoms with E-state index in [1.54, 1.807) is 0 Å². The van der Waals surface area contributed by atoms with Crippen LogP contribution in [0, 0.1) is 4.91 Å². The summed E-state index contributed by atoms with van der Waals surface area (Å²) < 4.78 is 0. The van der Waals surface area contributed by atoms with Gasteiger partial charge in [-0.15, -0.1) is 4.91 Å². The van der Waals surface area contributed by atoms with Crippen LogP contribution in [0.1, 0.15) is 0 Å². The minimum absolute atomic E-state index is 0.355. The Kier molecular flexibility index (Phi) is 2.14. The van der Waals surface area contributed by atoms with E-state index in [4.69, 9.17) is 0 Å². The Balaban J connectivity index is 2.22. The van der Waals surface area contributed by atoms with Gasteiger partial charge in [0, 0.05) is 12.2 Å². The summed E-state index contributed by atoms with van der Waals surface area (Å²) >= 11 is 0. The lowest BCUT2D eigenvalue weighted by Gasteiger charge is -2.13. The predicted molar refractivity (Wildman–Crippen MR) is 51.7 cm³/mol. The molecule has 1 aromatic rings. The van der Waals surface area contributed by atoms with Crippen LogP contribution in [-0.4, -0.2) is 24.1 Å². The Morgan fingerprint density at radius 2 is 1.86 bits per heavy atom. The summed E-state index contributed by atoms with van der Waals surface area (Å²) in [6.45, 7) is 0.867. The van der Waals surface area contributed by atoms with Crippen LogP contribution >= 0.6 is 0 Å². The highest BCUT2D eigenvalue weighted by molar-refractivity contribution is 5.93. The van der Waals surface area contributed by atoms with Crippen molar-refractivity contribution in [3.8, 4) is 0 Å². The first-order chi connectivity index (χ1) is 6.83.